The molecule has 0 aliphatic heterocycles. The van der Waals surface area contributed by atoms with Crippen molar-refractivity contribution in [2.24, 2.45) is 0 Å². The summed E-state index contributed by atoms with van der Waals surface area (Å²) in [6, 6.07) is 3.74. The smallest absolute Gasteiger partial charge is 0.406 e. The van der Waals surface area contributed by atoms with E-state index in [-0.39, 0.29) is 10.9 Å². The Balaban J connectivity index is 2.42. The summed E-state index contributed by atoms with van der Waals surface area (Å²) in [4.78, 5) is 0. The number of H-pyrrole nitrogens is 1. The fourth-order valence-corrected chi connectivity index (χ4v) is 1.35. The number of ether oxygens (including phenoxy) is 1. The lowest BCUT2D eigenvalue weighted by molar-refractivity contribution is -0.274. The van der Waals surface area contributed by atoms with Gasteiger partial charge in [0.2, 0.25) is 0 Å². The summed E-state index contributed by atoms with van der Waals surface area (Å²) in [5, 5.41) is 6.77. The second-order valence-electron chi connectivity index (χ2n) is 2.76. The summed E-state index contributed by atoms with van der Waals surface area (Å²) in [5.74, 6) is -0.321. The molecule has 1 heterocycles. The van der Waals surface area contributed by atoms with Gasteiger partial charge in [0, 0.05) is 5.39 Å². The van der Waals surface area contributed by atoms with E-state index < -0.39 is 6.36 Å². The number of alkyl halides is 3. The van der Waals surface area contributed by atoms with Crippen LogP contribution in [0, 0.1) is 0 Å². The fourth-order valence-electron chi connectivity index (χ4n) is 1.16. The van der Waals surface area contributed by atoms with Crippen LogP contribution in [0.15, 0.2) is 18.2 Å². The van der Waals surface area contributed by atoms with Crippen LogP contribution < -0.4 is 4.74 Å². The van der Waals surface area contributed by atoms with E-state index in [1.807, 2.05) is 0 Å². The number of fused-ring (bicyclic) bond motifs is 1. The van der Waals surface area contributed by atoms with Crippen molar-refractivity contribution < 1.29 is 17.9 Å². The molecule has 0 saturated carbocycles. The van der Waals surface area contributed by atoms with Gasteiger partial charge < -0.3 is 4.74 Å². The molecule has 0 saturated heterocycles. The Morgan fingerprint density at radius 3 is 2.73 bits per heavy atom. The zero-order valence-corrected chi connectivity index (χ0v) is 7.86. The Kier molecular flexibility index (Phi) is 2.22. The van der Waals surface area contributed by atoms with Gasteiger partial charge in [0.1, 0.15) is 10.9 Å². The third-order valence-electron chi connectivity index (χ3n) is 1.71. The number of hydrogen-bond donors (Lipinski definition) is 1. The predicted octanol–water partition coefficient (Wildman–Crippen LogP) is 3.11. The number of hydrogen-bond acceptors (Lipinski definition) is 2. The van der Waals surface area contributed by atoms with Crippen molar-refractivity contribution >= 4 is 22.5 Å². The summed E-state index contributed by atoms with van der Waals surface area (Å²) in [5.41, 5.74) is 0.481. The molecule has 0 spiro atoms. The van der Waals surface area contributed by atoms with Gasteiger partial charge in [0.25, 0.3) is 0 Å². The fraction of sp³-hybridized carbons (Fsp3) is 0.125. The minimum atomic E-state index is -4.70. The molecule has 0 bridgehead atoms. The van der Waals surface area contributed by atoms with Crippen molar-refractivity contribution in [1.29, 1.82) is 0 Å². The number of rotatable bonds is 1. The Labute approximate surface area is 86.8 Å². The van der Waals surface area contributed by atoms with E-state index in [9.17, 15) is 13.2 Å². The molecule has 0 atom stereocenters. The van der Waals surface area contributed by atoms with Gasteiger partial charge in [-0.1, -0.05) is 11.6 Å². The van der Waals surface area contributed by atoms with Crippen LogP contribution in [0.4, 0.5) is 13.2 Å². The highest BCUT2D eigenvalue weighted by Gasteiger charge is 2.31. The van der Waals surface area contributed by atoms with Crippen molar-refractivity contribution in [1.82, 2.24) is 10.2 Å². The van der Waals surface area contributed by atoms with Crippen molar-refractivity contribution in [2.75, 3.05) is 0 Å². The van der Waals surface area contributed by atoms with Gasteiger partial charge in [-0.2, -0.15) is 5.10 Å². The quantitative estimate of drug-likeness (QED) is 0.826. The van der Waals surface area contributed by atoms with E-state index >= 15 is 0 Å². The first-order valence-electron chi connectivity index (χ1n) is 3.85. The number of nitrogens with one attached hydrogen (secondary N) is 1. The average Bonchev–Trinajstić information content (AvgIpc) is 2.45. The first-order chi connectivity index (χ1) is 6.96. The minimum Gasteiger partial charge on any atom is -0.406 e. The van der Waals surface area contributed by atoms with Crippen LogP contribution in [-0.4, -0.2) is 16.6 Å². The van der Waals surface area contributed by atoms with Crippen LogP contribution in [0.25, 0.3) is 10.9 Å². The molecule has 3 nitrogen and oxygen atoms in total. The average molecular weight is 237 g/mol. The van der Waals surface area contributed by atoms with Crippen LogP contribution in [0.3, 0.4) is 0 Å². The molecule has 0 fully saturated rings. The third-order valence-corrected chi connectivity index (χ3v) is 2.00. The van der Waals surface area contributed by atoms with E-state index in [0.717, 1.165) is 0 Å². The normalized spacial score (nSPS) is 12.0. The monoisotopic (exact) mass is 236 g/mol. The molecule has 2 aromatic rings. The molecular weight excluding hydrogens is 233 g/mol. The van der Waals surface area contributed by atoms with Crippen molar-refractivity contribution in [3.63, 3.8) is 0 Å². The molecule has 0 unspecified atom stereocenters. The first-order valence-corrected chi connectivity index (χ1v) is 4.23. The molecule has 0 amide bonds. The molecule has 0 aliphatic rings. The Morgan fingerprint density at radius 1 is 1.33 bits per heavy atom. The summed E-state index contributed by atoms with van der Waals surface area (Å²) < 4.78 is 39.4. The first kappa shape index (κ1) is 10.1. The molecule has 80 valence electrons. The maximum Gasteiger partial charge on any atom is 0.573 e. The van der Waals surface area contributed by atoms with Gasteiger partial charge in [0.15, 0.2) is 0 Å². The SMILES string of the molecule is FC(F)(F)Oc1ccc2n[nH]c(Cl)c2c1. The molecule has 1 aromatic carbocycles. The maximum absolute atomic E-state index is 11.9. The molecule has 1 aromatic heterocycles. The zero-order valence-electron chi connectivity index (χ0n) is 7.10. The number of benzene rings is 1. The van der Waals surface area contributed by atoms with E-state index in [4.69, 9.17) is 11.6 Å². The third kappa shape index (κ3) is 2.15. The van der Waals surface area contributed by atoms with E-state index in [1.165, 1.54) is 18.2 Å². The second kappa shape index (κ2) is 3.30. The van der Waals surface area contributed by atoms with Crippen LogP contribution in [0.2, 0.25) is 5.15 Å². The standard InChI is InChI=1S/C8H4ClF3N2O/c9-7-5-3-4(15-8(10,11)12)1-2-6(5)13-14-7/h1-3H,(H,13,14). The molecule has 0 radical (unpaired) electrons. The van der Waals surface area contributed by atoms with Gasteiger partial charge in [-0.25, -0.2) is 0 Å². The molecule has 15 heavy (non-hydrogen) atoms. The van der Waals surface area contributed by atoms with Gasteiger partial charge in [0.05, 0.1) is 5.52 Å². The topological polar surface area (TPSA) is 37.9 Å². The van der Waals surface area contributed by atoms with Crippen molar-refractivity contribution in [2.45, 2.75) is 6.36 Å². The maximum atomic E-state index is 11.9. The van der Waals surface area contributed by atoms with E-state index in [0.29, 0.717) is 10.9 Å². The van der Waals surface area contributed by atoms with E-state index in [2.05, 4.69) is 14.9 Å². The lowest BCUT2D eigenvalue weighted by Gasteiger charge is -2.08. The molecule has 0 aliphatic carbocycles. The number of aromatic amines is 1. The van der Waals surface area contributed by atoms with Gasteiger partial charge in [-0.05, 0) is 18.2 Å². The van der Waals surface area contributed by atoms with Crippen LogP contribution >= 0.6 is 11.6 Å². The molecule has 7 heteroatoms. The molecule has 1 N–H and O–H groups in total. The summed E-state index contributed by atoms with van der Waals surface area (Å²) in [6.07, 6.45) is -4.70. The lowest BCUT2D eigenvalue weighted by Crippen LogP contribution is -2.16. The van der Waals surface area contributed by atoms with E-state index in [1.54, 1.807) is 0 Å². The van der Waals surface area contributed by atoms with Crippen molar-refractivity contribution in [3.05, 3.63) is 23.4 Å². The minimum absolute atomic E-state index is 0.178. The van der Waals surface area contributed by atoms with Gasteiger partial charge in [-0.15, -0.1) is 13.2 Å². The highest BCUT2D eigenvalue weighted by atomic mass is 35.5. The largest absolute Gasteiger partial charge is 0.573 e. The summed E-state index contributed by atoms with van der Waals surface area (Å²) in [6.45, 7) is 0. The van der Waals surface area contributed by atoms with Crippen LogP contribution in [0.1, 0.15) is 0 Å². The summed E-state index contributed by atoms with van der Waals surface area (Å²) >= 11 is 5.66. The van der Waals surface area contributed by atoms with Crippen LogP contribution in [-0.2, 0) is 0 Å². The highest BCUT2D eigenvalue weighted by Crippen LogP contribution is 2.28. The zero-order chi connectivity index (χ0) is 11.1. The Morgan fingerprint density at radius 2 is 2.07 bits per heavy atom. The second-order valence-corrected chi connectivity index (χ2v) is 3.14. The Hall–Kier alpha value is -1.43. The number of aromatic nitrogens is 2. The molecule has 2 rings (SSSR count). The lowest BCUT2D eigenvalue weighted by atomic mass is 10.2. The van der Waals surface area contributed by atoms with Gasteiger partial charge >= 0.3 is 6.36 Å². The van der Waals surface area contributed by atoms with Crippen molar-refractivity contribution in [3.8, 4) is 5.75 Å². The predicted molar refractivity (Wildman–Crippen MR) is 47.8 cm³/mol. The highest BCUT2D eigenvalue weighted by molar-refractivity contribution is 6.34. The number of halogens is 4. The van der Waals surface area contributed by atoms with Gasteiger partial charge in [-0.3, -0.25) is 5.10 Å². The summed E-state index contributed by atoms with van der Waals surface area (Å²) in [7, 11) is 0. The molecular formula is C8H4ClF3N2O. The van der Waals surface area contributed by atoms with Crippen LogP contribution in [0.5, 0.6) is 5.75 Å². The number of nitrogens with zero attached hydrogens (tertiary/aromatic N) is 1. The Bertz CT molecular complexity index is 494.